The number of hydrogen-bond donors (Lipinski definition) is 1. The number of nitrogens with one attached hydrogen (secondary N) is 1. The lowest BCUT2D eigenvalue weighted by molar-refractivity contribution is -0.121. The maximum absolute atomic E-state index is 14.7. The fraction of sp³-hybridized carbons (Fsp3) is 0.171. The van der Waals surface area contributed by atoms with E-state index in [4.69, 9.17) is 4.74 Å². The smallest absolute Gasteiger partial charge is 0.238 e. The first-order valence-electron chi connectivity index (χ1n) is 13.8. The van der Waals surface area contributed by atoms with Crippen molar-refractivity contribution in [1.29, 1.82) is 0 Å². The normalized spacial score (nSPS) is 23.5. The van der Waals surface area contributed by atoms with Gasteiger partial charge in [-0.05, 0) is 78.7 Å². The molecular weight excluding hydrogens is 531 g/mol. The second-order valence-electron chi connectivity index (χ2n) is 11.0. The Kier molecular flexibility index (Phi) is 5.87. The summed E-state index contributed by atoms with van der Waals surface area (Å²) in [4.78, 5) is 45.8. The van der Waals surface area contributed by atoms with Crippen molar-refractivity contribution in [3.8, 4) is 5.75 Å². The average Bonchev–Trinajstić information content (AvgIpc) is 3.49. The summed E-state index contributed by atoms with van der Waals surface area (Å²) in [5.74, 6) is -2.04. The number of carbonyl (C=O) groups excluding carboxylic acids is 3. The van der Waals surface area contributed by atoms with Gasteiger partial charge in [-0.25, -0.2) is 4.39 Å². The number of para-hydroxylation sites is 2. The lowest BCUT2D eigenvalue weighted by Gasteiger charge is -2.39. The molecule has 1 amide bonds. The number of nitrogens with zero attached hydrogens (tertiary/aromatic N) is 1. The Hall–Kier alpha value is -5.04. The maximum Gasteiger partial charge on any atom is 0.238 e. The van der Waals surface area contributed by atoms with Crippen LogP contribution in [-0.4, -0.2) is 36.7 Å². The number of halogens is 1. The van der Waals surface area contributed by atoms with Crippen molar-refractivity contribution in [2.24, 2.45) is 5.92 Å². The van der Waals surface area contributed by atoms with Crippen LogP contribution in [0.2, 0.25) is 0 Å². The van der Waals surface area contributed by atoms with Gasteiger partial charge in [0.1, 0.15) is 23.0 Å². The van der Waals surface area contributed by atoms with Crippen LogP contribution >= 0.6 is 0 Å². The van der Waals surface area contributed by atoms with Gasteiger partial charge < -0.3 is 15.0 Å². The van der Waals surface area contributed by atoms with E-state index in [1.807, 2.05) is 66.4 Å². The van der Waals surface area contributed by atoms with Gasteiger partial charge in [0, 0.05) is 28.1 Å². The molecule has 42 heavy (non-hydrogen) atoms. The van der Waals surface area contributed by atoms with Gasteiger partial charge in [-0.1, -0.05) is 42.5 Å². The predicted molar refractivity (Wildman–Crippen MR) is 158 cm³/mol. The Morgan fingerprint density at radius 3 is 2.24 bits per heavy atom. The molecule has 4 atom stereocenters. The van der Waals surface area contributed by atoms with Gasteiger partial charge in [-0.3, -0.25) is 14.4 Å². The highest BCUT2D eigenvalue weighted by Crippen LogP contribution is 2.58. The summed E-state index contributed by atoms with van der Waals surface area (Å²) in [6.45, 7) is 1.98. The molecule has 0 radical (unpaired) electrons. The quantitative estimate of drug-likeness (QED) is 0.301. The average molecular weight is 559 g/mol. The summed E-state index contributed by atoms with van der Waals surface area (Å²) in [6, 6.07) is 25.5. The molecule has 1 saturated heterocycles. The molecule has 3 aliphatic rings. The molecule has 0 aromatic heterocycles. The van der Waals surface area contributed by atoms with Crippen LogP contribution in [0.4, 0.5) is 15.8 Å². The number of hydrogen-bond acceptors (Lipinski definition) is 5. The highest BCUT2D eigenvalue weighted by atomic mass is 19.1. The van der Waals surface area contributed by atoms with Gasteiger partial charge in [-0.15, -0.1) is 0 Å². The van der Waals surface area contributed by atoms with Crippen molar-refractivity contribution in [2.45, 2.75) is 24.4 Å². The number of rotatable bonds is 5. The van der Waals surface area contributed by atoms with Crippen LogP contribution in [0.1, 0.15) is 38.8 Å². The molecule has 1 fully saturated rings. The van der Waals surface area contributed by atoms with E-state index >= 15 is 0 Å². The number of fused-ring (bicyclic) bond motifs is 6. The fourth-order valence-corrected chi connectivity index (χ4v) is 7.11. The Morgan fingerprint density at radius 1 is 0.857 bits per heavy atom. The van der Waals surface area contributed by atoms with Crippen molar-refractivity contribution >= 4 is 34.4 Å². The van der Waals surface area contributed by atoms with E-state index in [0.717, 1.165) is 16.8 Å². The number of anilines is 2. The largest absolute Gasteiger partial charge is 0.497 e. The summed E-state index contributed by atoms with van der Waals surface area (Å²) in [5, 5.41) is 3.03. The second kappa shape index (κ2) is 9.52. The lowest BCUT2D eigenvalue weighted by atomic mass is 9.64. The second-order valence-corrected chi connectivity index (χ2v) is 11.0. The van der Waals surface area contributed by atoms with Crippen LogP contribution in [0.5, 0.6) is 5.75 Å². The van der Waals surface area contributed by atoms with Crippen LogP contribution < -0.4 is 15.0 Å². The van der Waals surface area contributed by atoms with Gasteiger partial charge in [0.2, 0.25) is 5.91 Å². The summed E-state index contributed by atoms with van der Waals surface area (Å²) in [5.41, 5.74) is 3.14. The van der Waals surface area contributed by atoms with Gasteiger partial charge in [0.05, 0.1) is 19.1 Å². The first-order valence-corrected chi connectivity index (χ1v) is 13.8. The van der Waals surface area contributed by atoms with Crippen LogP contribution in [0.15, 0.2) is 103 Å². The van der Waals surface area contributed by atoms with Gasteiger partial charge in [-0.2, -0.15) is 0 Å². The number of benzene rings is 4. The molecule has 0 saturated carbocycles. The molecule has 0 unspecified atom stereocenters. The molecule has 3 heterocycles. The van der Waals surface area contributed by atoms with Gasteiger partial charge in [0.15, 0.2) is 11.6 Å². The van der Waals surface area contributed by atoms with E-state index in [9.17, 15) is 18.8 Å². The molecule has 0 bridgehead atoms. The number of ether oxygens (including phenoxy) is 1. The van der Waals surface area contributed by atoms with Crippen molar-refractivity contribution in [1.82, 2.24) is 0 Å². The Morgan fingerprint density at radius 2 is 1.50 bits per heavy atom. The van der Waals surface area contributed by atoms with E-state index < -0.39 is 35.0 Å². The molecule has 1 spiro atoms. The Bertz CT molecular complexity index is 1800. The minimum absolute atomic E-state index is 0.235. The summed E-state index contributed by atoms with van der Waals surface area (Å²) >= 11 is 0. The van der Waals surface area contributed by atoms with Crippen molar-refractivity contribution in [3.05, 3.63) is 131 Å². The molecule has 0 aliphatic carbocycles. The third kappa shape index (κ3) is 3.52. The van der Waals surface area contributed by atoms with Crippen LogP contribution in [0.3, 0.4) is 0 Å². The summed E-state index contributed by atoms with van der Waals surface area (Å²) in [6.07, 6.45) is 2.01. The van der Waals surface area contributed by atoms with E-state index in [0.29, 0.717) is 22.6 Å². The highest BCUT2D eigenvalue weighted by molar-refractivity contribution is 6.18. The van der Waals surface area contributed by atoms with E-state index in [1.165, 1.54) is 24.3 Å². The standard InChI is InChI=1S/C35H27FN2O4/c1-20-19-29-35(26-8-4-5-9-27(26)37-34(35)41)30(32(39)21-11-15-23(36)16-12-21)31(38(29)28-10-6-3-7-25(20)28)33(40)22-13-17-24(42-2)18-14-22/h3-19,29-31H,1-2H3,(H,37,41)/t29-,30-,31+,35+/m1/s1. The summed E-state index contributed by atoms with van der Waals surface area (Å²) in [7, 11) is 1.55. The first kappa shape index (κ1) is 25.9. The molecule has 7 rings (SSSR count). The van der Waals surface area contributed by atoms with Crippen LogP contribution in [0.25, 0.3) is 5.57 Å². The number of carbonyl (C=O) groups is 3. The Balaban J connectivity index is 1.53. The predicted octanol–water partition coefficient (Wildman–Crippen LogP) is 6.08. The molecule has 7 heteroatoms. The molecule has 1 N–H and O–H groups in total. The van der Waals surface area contributed by atoms with Crippen molar-refractivity contribution in [3.63, 3.8) is 0 Å². The number of amides is 1. The third-order valence-electron chi connectivity index (χ3n) is 8.94. The monoisotopic (exact) mass is 558 g/mol. The highest BCUT2D eigenvalue weighted by Gasteiger charge is 2.70. The topological polar surface area (TPSA) is 75.7 Å². The van der Waals surface area contributed by atoms with Crippen molar-refractivity contribution in [2.75, 3.05) is 17.3 Å². The minimum Gasteiger partial charge on any atom is -0.497 e. The molecule has 208 valence electrons. The molecule has 4 aromatic carbocycles. The van der Waals surface area contributed by atoms with Crippen LogP contribution in [0, 0.1) is 11.7 Å². The molecule has 6 nitrogen and oxygen atoms in total. The number of Topliss-reactive ketones (excluding diaryl/α,β-unsaturated/α-hetero) is 2. The summed E-state index contributed by atoms with van der Waals surface area (Å²) < 4.78 is 19.3. The van der Waals surface area contributed by atoms with Crippen LogP contribution in [-0.2, 0) is 10.2 Å². The number of ketones is 2. The zero-order chi connectivity index (χ0) is 29.2. The lowest BCUT2D eigenvalue weighted by Crippen LogP contribution is -2.51. The van der Waals surface area contributed by atoms with E-state index in [2.05, 4.69) is 5.32 Å². The maximum atomic E-state index is 14.7. The zero-order valence-electron chi connectivity index (χ0n) is 23.0. The van der Waals surface area contributed by atoms with E-state index in [1.54, 1.807) is 31.4 Å². The SMILES string of the molecule is COc1ccc(C(=O)[C@@H]2[C@H](C(=O)c3ccc(F)cc3)[C@@]3(C(=O)Nc4ccccc43)[C@H]3C=C(C)c4ccccc4N23)cc1. The molecular formula is C35H27FN2O4. The third-order valence-corrected chi connectivity index (χ3v) is 8.94. The van der Waals surface area contributed by atoms with Gasteiger partial charge in [0.25, 0.3) is 0 Å². The Labute approximate surface area is 242 Å². The minimum atomic E-state index is -1.43. The zero-order valence-corrected chi connectivity index (χ0v) is 23.0. The number of methoxy groups -OCH3 is 1. The molecule has 3 aliphatic heterocycles. The van der Waals surface area contributed by atoms with Gasteiger partial charge >= 0.3 is 0 Å². The number of allylic oxidation sites excluding steroid dienone is 1. The first-order chi connectivity index (χ1) is 20.4. The van der Waals surface area contributed by atoms with Crippen molar-refractivity contribution < 1.29 is 23.5 Å². The molecule has 4 aromatic rings. The van der Waals surface area contributed by atoms with E-state index in [-0.39, 0.29) is 17.3 Å². The fourth-order valence-electron chi connectivity index (χ4n) is 7.11.